The number of imidazole rings is 2. The smallest absolute Gasteiger partial charge is 0.276 e. The standard InChI is InChI=1S/C25H27N7O3/c1-2-31-13-11-18(12-14-31)35-17-9-7-16(8-10-17)28-24(34)21-22(23(26)33)32(15-27-21)25-29-19-5-3-4-6-20(19)30-25/h3-10,15,18H,2,11-14H2,1H3,(H2,26,33)(H,28,34)(H,29,30). The monoisotopic (exact) mass is 473 g/mol. The van der Waals surface area contributed by atoms with Crippen LogP contribution in [0.3, 0.4) is 0 Å². The van der Waals surface area contributed by atoms with Crippen LogP contribution in [0.5, 0.6) is 5.75 Å². The second kappa shape index (κ2) is 9.59. The van der Waals surface area contributed by atoms with Gasteiger partial charge in [-0.25, -0.2) is 9.97 Å². The Hall–Kier alpha value is -4.18. The average molecular weight is 474 g/mol. The van der Waals surface area contributed by atoms with Crippen LogP contribution in [-0.4, -0.2) is 62.0 Å². The van der Waals surface area contributed by atoms with Gasteiger partial charge >= 0.3 is 0 Å². The van der Waals surface area contributed by atoms with Gasteiger partial charge in [0.2, 0.25) is 5.95 Å². The fourth-order valence-electron chi connectivity index (χ4n) is 4.31. The number of piperidine rings is 1. The largest absolute Gasteiger partial charge is 0.490 e. The van der Waals surface area contributed by atoms with Gasteiger partial charge in [-0.2, -0.15) is 0 Å². The number of nitrogens with zero attached hydrogens (tertiary/aromatic N) is 4. The predicted molar refractivity (Wildman–Crippen MR) is 132 cm³/mol. The van der Waals surface area contributed by atoms with Gasteiger partial charge in [0.25, 0.3) is 11.8 Å². The number of H-pyrrole nitrogens is 1. The number of nitrogens with two attached hydrogens (primary N) is 1. The van der Waals surface area contributed by atoms with E-state index < -0.39 is 11.8 Å². The lowest BCUT2D eigenvalue weighted by Crippen LogP contribution is -2.37. The fourth-order valence-corrected chi connectivity index (χ4v) is 4.31. The summed E-state index contributed by atoms with van der Waals surface area (Å²) in [7, 11) is 0. The zero-order valence-corrected chi connectivity index (χ0v) is 19.4. The molecule has 2 aromatic heterocycles. The third-order valence-electron chi connectivity index (χ3n) is 6.22. The van der Waals surface area contributed by atoms with Crippen molar-refractivity contribution in [1.29, 1.82) is 0 Å². The van der Waals surface area contributed by atoms with Crippen LogP contribution in [0.2, 0.25) is 0 Å². The van der Waals surface area contributed by atoms with E-state index in [1.807, 2.05) is 36.4 Å². The molecule has 2 amide bonds. The number of nitrogens with one attached hydrogen (secondary N) is 2. The summed E-state index contributed by atoms with van der Waals surface area (Å²) in [6.45, 7) is 5.31. The molecule has 2 aromatic carbocycles. The summed E-state index contributed by atoms with van der Waals surface area (Å²) < 4.78 is 7.48. The van der Waals surface area contributed by atoms with Gasteiger partial charge in [-0.05, 0) is 55.8 Å². The van der Waals surface area contributed by atoms with E-state index in [-0.39, 0.29) is 17.5 Å². The van der Waals surface area contributed by atoms with E-state index in [9.17, 15) is 9.59 Å². The molecule has 1 saturated heterocycles. The van der Waals surface area contributed by atoms with E-state index in [0.717, 1.165) is 49.3 Å². The van der Waals surface area contributed by atoms with Gasteiger partial charge < -0.3 is 25.7 Å². The Labute approximate surface area is 202 Å². The molecule has 0 unspecified atom stereocenters. The number of anilines is 1. The predicted octanol–water partition coefficient (Wildman–Crippen LogP) is 2.96. The first-order valence-corrected chi connectivity index (χ1v) is 11.6. The summed E-state index contributed by atoms with van der Waals surface area (Å²) in [6, 6.07) is 14.6. The molecule has 4 N–H and O–H groups in total. The first kappa shape index (κ1) is 22.6. The zero-order chi connectivity index (χ0) is 24.4. The fraction of sp³-hybridized carbons (Fsp3) is 0.280. The van der Waals surface area contributed by atoms with Crippen molar-refractivity contribution in [3.63, 3.8) is 0 Å². The molecule has 5 rings (SSSR count). The highest BCUT2D eigenvalue weighted by molar-refractivity contribution is 6.10. The summed E-state index contributed by atoms with van der Waals surface area (Å²) in [4.78, 5) is 39.3. The molecule has 1 aliphatic rings. The lowest BCUT2D eigenvalue weighted by Gasteiger charge is -2.31. The molecule has 3 heterocycles. The number of likely N-dealkylation sites (tertiary alicyclic amines) is 1. The number of hydrogen-bond acceptors (Lipinski definition) is 6. The number of aromatic amines is 1. The number of hydrogen-bond donors (Lipinski definition) is 3. The van der Waals surface area contributed by atoms with Gasteiger partial charge in [0.1, 0.15) is 23.9 Å². The number of primary amides is 1. The summed E-state index contributed by atoms with van der Waals surface area (Å²) in [5.41, 5.74) is 7.53. The number of para-hydroxylation sites is 2. The van der Waals surface area contributed by atoms with Crippen molar-refractivity contribution in [2.24, 2.45) is 5.73 Å². The minimum absolute atomic E-state index is 0.0556. The normalized spacial score (nSPS) is 14.8. The van der Waals surface area contributed by atoms with Gasteiger partial charge in [0.05, 0.1) is 11.0 Å². The highest BCUT2D eigenvalue weighted by Crippen LogP contribution is 2.22. The van der Waals surface area contributed by atoms with Crippen molar-refractivity contribution in [1.82, 2.24) is 24.4 Å². The molecule has 1 aliphatic heterocycles. The molecule has 0 spiro atoms. The quantitative estimate of drug-likeness (QED) is 0.378. The van der Waals surface area contributed by atoms with Crippen LogP contribution in [0.15, 0.2) is 54.9 Å². The molecule has 10 nitrogen and oxygen atoms in total. The van der Waals surface area contributed by atoms with Crippen LogP contribution in [0.1, 0.15) is 40.7 Å². The molecule has 0 saturated carbocycles. The molecule has 0 radical (unpaired) electrons. The molecule has 10 heteroatoms. The van der Waals surface area contributed by atoms with E-state index in [0.29, 0.717) is 11.6 Å². The minimum atomic E-state index is -0.786. The van der Waals surface area contributed by atoms with Crippen LogP contribution in [0.4, 0.5) is 5.69 Å². The Morgan fingerprint density at radius 2 is 1.89 bits per heavy atom. The molecular formula is C25H27N7O3. The van der Waals surface area contributed by atoms with Crippen LogP contribution < -0.4 is 15.8 Å². The maximum atomic E-state index is 13.0. The summed E-state index contributed by atoms with van der Waals surface area (Å²) in [5, 5.41) is 2.77. The number of carbonyl (C=O) groups is 2. The van der Waals surface area contributed by atoms with Crippen LogP contribution in [-0.2, 0) is 0 Å². The van der Waals surface area contributed by atoms with E-state index >= 15 is 0 Å². The Bertz CT molecular complexity index is 1320. The van der Waals surface area contributed by atoms with Gasteiger partial charge in [-0.15, -0.1) is 0 Å². The first-order chi connectivity index (χ1) is 17.0. The average Bonchev–Trinajstić information content (AvgIpc) is 3.50. The maximum absolute atomic E-state index is 13.0. The number of benzene rings is 2. The Morgan fingerprint density at radius 1 is 1.14 bits per heavy atom. The van der Waals surface area contributed by atoms with E-state index in [4.69, 9.17) is 10.5 Å². The third kappa shape index (κ3) is 4.73. The van der Waals surface area contributed by atoms with Gasteiger partial charge in [0, 0.05) is 18.8 Å². The molecule has 4 aromatic rings. The zero-order valence-electron chi connectivity index (χ0n) is 19.4. The number of fused-ring (bicyclic) bond motifs is 1. The second-order valence-corrected chi connectivity index (χ2v) is 8.48. The van der Waals surface area contributed by atoms with Crippen molar-refractivity contribution < 1.29 is 14.3 Å². The van der Waals surface area contributed by atoms with Crippen molar-refractivity contribution in [3.8, 4) is 11.7 Å². The van der Waals surface area contributed by atoms with E-state index in [1.54, 1.807) is 12.1 Å². The van der Waals surface area contributed by atoms with E-state index in [2.05, 4.69) is 32.1 Å². The Morgan fingerprint density at radius 3 is 2.57 bits per heavy atom. The Kier molecular flexibility index (Phi) is 6.19. The minimum Gasteiger partial charge on any atom is -0.490 e. The molecule has 180 valence electrons. The number of amides is 2. The van der Waals surface area contributed by atoms with Crippen LogP contribution in [0.25, 0.3) is 17.0 Å². The lowest BCUT2D eigenvalue weighted by molar-refractivity contribution is 0.0970. The highest BCUT2D eigenvalue weighted by Gasteiger charge is 2.24. The Balaban J connectivity index is 1.29. The van der Waals surface area contributed by atoms with Crippen molar-refractivity contribution >= 4 is 28.5 Å². The molecule has 35 heavy (non-hydrogen) atoms. The SMILES string of the molecule is CCN1CCC(Oc2ccc(NC(=O)c3ncn(-c4nc5ccccc5[nH]4)c3C(N)=O)cc2)CC1. The third-order valence-corrected chi connectivity index (χ3v) is 6.22. The number of carbonyl (C=O) groups excluding carboxylic acids is 2. The number of aromatic nitrogens is 4. The van der Waals surface area contributed by atoms with Crippen molar-refractivity contribution in [2.75, 3.05) is 25.0 Å². The molecule has 1 fully saturated rings. The topological polar surface area (TPSA) is 131 Å². The number of ether oxygens (including phenoxy) is 1. The molecule has 0 atom stereocenters. The molecule has 0 aliphatic carbocycles. The molecule has 0 bridgehead atoms. The van der Waals surface area contributed by atoms with Gasteiger partial charge in [-0.1, -0.05) is 19.1 Å². The highest BCUT2D eigenvalue weighted by atomic mass is 16.5. The van der Waals surface area contributed by atoms with E-state index in [1.165, 1.54) is 10.9 Å². The van der Waals surface area contributed by atoms with Crippen LogP contribution >= 0.6 is 0 Å². The summed E-state index contributed by atoms with van der Waals surface area (Å²) >= 11 is 0. The lowest BCUT2D eigenvalue weighted by atomic mass is 10.1. The van der Waals surface area contributed by atoms with Gasteiger partial charge in [-0.3, -0.25) is 14.2 Å². The first-order valence-electron chi connectivity index (χ1n) is 11.6. The van der Waals surface area contributed by atoms with Crippen molar-refractivity contribution in [3.05, 3.63) is 66.2 Å². The maximum Gasteiger partial charge on any atom is 0.276 e. The van der Waals surface area contributed by atoms with Crippen molar-refractivity contribution in [2.45, 2.75) is 25.9 Å². The summed E-state index contributed by atoms with van der Waals surface area (Å²) in [6.07, 6.45) is 3.54. The second-order valence-electron chi connectivity index (χ2n) is 8.48. The van der Waals surface area contributed by atoms with Crippen LogP contribution in [0, 0.1) is 0 Å². The summed E-state index contributed by atoms with van der Waals surface area (Å²) in [5.74, 6) is -0.233. The molecular weight excluding hydrogens is 446 g/mol. The number of rotatable bonds is 7. The van der Waals surface area contributed by atoms with Gasteiger partial charge in [0.15, 0.2) is 5.69 Å².